The van der Waals surface area contributed by atoms with Gasteiger partial charge in [-0.1, -0.05) is 67.7 Å². The van der Waals surface area contributed by atoms with Crippen molar-refractivity contribution in [2.24, 2.45) is 40.7 Å². The van der Waals surface area contributed by atoms with E-state index in [0.29, 0.717) is 25.3 Å². The fraction of sp³-hybridized carbons (Fsp3) is 0.812. The van der Waals surface area contributed by atoms with Crippen molar-refractivity contribution in [1.82, 2.24) is 20.9 Å². The van der Waals surface area contributed by atoms with Crippen molar-refractivity contribution in [3.05, 3.63) is 0 Å². The minimum atomic E-state index is -1.09. The number of nitrogens with one attached hydrogen (secondary N) is 3. The van der Waals surface area contributed by atoms with Crippen molar-refractivity contribution in [2.75, 3.05) is 6.54 Å². The summed E-state index contributed by atoms with van der Waals surface area (Å²) in [5.74, 6) is -2.32. The van der Waals surface area contributed by atoms with Crippen molar-refractivity contribution in [3.8, 4) is 0 Å². The number of ketones is 2. The van der Waals surface area contributed by atoms with E-state index in [1.165, 1.54) is 4.90 Å². The molecule has 0 aromatic rings. The number of Topliss-reactive ketones (excluding diaryl/α,β-unsaturated/α-hetero) is 2. The Labute approximate surface area is 256 Å². The predicted octanol–water partition coefficient (Wildman–Crippen LogP) is 2.70. The molecule has 242 valence electrons. The van der Waals surface area contributed by atoms with E-state index in [2.05, 4.69) is 29.8 Å². The van der Waals surface area contributed by atoms with Crippen LogP contribution in [0, 0.1) is 35.0 Å². The molecule has 3 rings (SSSR count). The van der Waals surface area contributed by atoms with Crippen LogP contribution in [-0.4, -0.2) is 70.9 Å². The van der Waals surface area contributed by atoms with Gasteiger partial charge in [-0.2, -0.15) is 0 Å². The number of primary amides is 1. The predicted molar refractivity (Wildman–Crippen MR) is 162 cm³/mol. The zero-order valence-corrected chi connectivity index (χ0v) is 27.0. The second kappa shape index (κ2) is 14.2. The molecule has 11 heteroatoms. The van der Waals surface area contributed by atoms with Gasteiger partial charge in [0, 0.05) is 12.5 Å². The standard InChI is InChI=1S/C32H53N5O6/c1-17(2)13-20-15-23(29(41)34-22(26(39)28(33)40)14-19-9-8-10-19)37(16-20)30(42)27(32(5,6)7)36-31(43)35-24(18(3)4)25(38)21-11-12-21/h17-24,27H,8-16H2,1-7H3,(H2,33,40)(H,34,41)(H2,35,36,43)/t20-,22?,23+,24+,27-/m1/s1. The topological polar surface area (TPSA) is 168 Å². The van der Waals surface area contributed by atoms with Gasteiger partial charge < -0.3 is 26.6 Å². The maximum atomic E-state index is 14.2. The number of likely N-dealkylation sites (tertiary alicyclic amines) is 1. The summed E-state index contributed by atoms with van der Waals surface area (Å²) in [5.41, 5.74) is 4.59. The molecule has 1 aliphatic heterocycles. The van der Waals surface area contributed by atoms with E-state index in [4.69, 9.17) is 5.73 Å². The lowest BCUT2D eigenvalue weighted by atomic mass is 9.80. The average Bonchev–Trinajstić information content (AvgIpc) is 3.64. The highest BCUT2D eigenvalue weighted by atomic mass is 16.2. The van der Waals surface area contributed by atoms with Crippen molar-refractivity contribution >= 4 is 35.3 Å². The Bertz CT molecular complexity index is 1070. The minimum Gasteiger partial charge on any atom is -0.363 e. The Balaban J connectivity index is 1.81. The summed E-state index contributed by atoms with van der Waals surface area (Å²) >= 11 is 0. The molecule has 0 bridgehead atoms. The van der Waals surface area contributed by atoms with Gasteiger partial charge in [0.05, 0.1) is 12.1 Å². The quantitative estimate of drug-likeness (QED) is 0.223. The largest absolute Gasteiger partial charge is 0.363 e. The Kier molecular flexibility index (Phi) is 11.4. The van der Waals surface area contributed by atoms with Gasteiger partial charge in [0.1, 0.15) is 12.1 Å². The molecule has 0 spiro atoms. The van der Waals surface area contributed by atoms with Crippen LogP contribution in [0.4, 0.5) is 4.79 Å². The molecule has 5 N–H and O–H groups in total. The first-order valence-corrected chi connectivity index (χ1v) is 16.0. The van der Waals surface area contributed by atoms with Crippen LogP contribution in [0.5, 0.6) is 0 Å². The summed E-state index contributed by atoms with van der Waals surface area (Å²) in [5, 5.41) is 8.39. The number of hydrogen-bond donors (Lipinski definition) is 4. The van der Waals surface area contributed by atoms with Crippen LogP contribution < -0.4 is 21.7 Å². The zero-order chi connectivity index (χ0) is 32.2. The van der Waals surface area contributed by atoms with Gasteiger partial charge >= 0.3 is 6.03 Å². The first-order valence-electron chi connectivity index (χ1n) is 16.0. The van der Waals surface area contributed by atoms with E-state index in [9.17, 15) is 28.8 Å². The molecule has 3 aliphatic rings. The lowest BCUT2D eigenvalue weighted by Crippen LogP contribution is -2.61. The molecule has 0 aromatic carbocycles. The lowest BCUT2D eigenvalue weighted by Gasteiger charge is -2.36. The number of nitrogens with two attached hydrogens (primary N) is 1. The molecule has 1 saturated heterocycles. The second-order valence-corrected chi connectivity index (χ2v) is 14.9. The highest BCUT2D eigenvalue weighted by Crippen LogP contribution is 2.34. The Morgan fingerprint density at radius 1 is 0.860 bits per heavy atom. The van der Waals surface area contributed by atoms with Crippen LogP contribution in [0.3, 0.4) is 0 Å². The maximum absolute atomic E-state index is 14.2. The normalized spacial score (nSPS) is 22.9. The molecular formula is C32H53N5O6. The summed E-state index contributed by atoms with van der Waals surface area (Å²) in [6, 6.07) is -4.14. The zero-order valence-electron chi connectivity index (χ0n) is 27.0. The van der Waals surface area contributed by atoms with Crippen LogP contribution in [-0.2, 0) is 24.0 Å². The molecule has 43 heavy (non-hydrogen) atoms. The molecular weight excluding hydrogens is 550 g/mol. The second-order valence-electron chi connectivity index (χ2n) is 14.9. The molecule has 0 aromatic heterocycles. The highest BCUT2D eigenvalue weighted by molar-refractivity contribution is 6.37. The monoisotopic (exact) mass is 603 g/mol. The summed E-state index contributed by atoms with van der Waals surface area (Å²) in [6.45, 7) is 13.8. The summed E-state index contributed by atoms with van der Waals surface area (Å²) in [7, 11) is 0. The summed E-state index contributed by atoms with van der Waals surface area (Å²) in [6.07, 6.45) is 6.10. The Hall–Kier alpha value is -2.98. The molecule has 1 heterocycles. The van der Waals surface area contributed by atoms with E-state index in [0.717, 1.165) is 38.5 Å². The molecule has 0 radical (unpaired) electrons. The Morgan fingerprint density at radius 3 is 1.95 bits per heavy atom. The summed E-state index contributed by atoms with van der Waals surface area (Å²) < 4.78 is 0. The third kappa shape index (κ3) is 9.25. The molecule has 2 aliphatic carbocycles. The van der Waals surface area contributed by atoms with Gasteiger partial charge in [-0.05, 0) is 61.2 Å². The first-order chi connectivity index (χ1) is 20.0. The molecule has 3 fully saturated rings. The van der Waals surface area contributed by atoms with Gasteiger partial charge in [-0.15, -0.1) is 0 Å². The van der Waals surface area contributed by atoms with Gasteiger partial charge in [0.15, 0.2) is 5.78 Å². The maximum Gasteiger partial charge on any atom is 0.316 e. The number of nitrogens with zero attached hydrogens (tertiary/aromatic N) is 1. The fourth-order valence-corrected chi connectivity index (χ4v) is 6.30. The average molecular weight is 604 g/mol. The van der Waals surface area contributed by atoms with Crippen LogP contribution >= 0.6 is 0 Å². The first kappa shape index (κ1) is 34.5. The van der Waals surface area contributed by atoms with Gasteiger partial charge in [-0.25, -0.2) is 4.79 Å². The fourth-order valence-electron chi connectivity index (χ4n) is 6.30. The number of amides is 5. The van der Waals surface area contributed by atoms with Crippen LogP contribution in [0.1, 0.15) is 99.8 Å². The number of carbonyl (C=O) groups excluding carboxylic acids is 6. The van der Waals surface area contributed by atoms with E-state index in [1.807, 2.05) is 34.6 Å². The molecule has 1 unspecified atom stereocenters. The molecule has 5 amide bonds. The number of hydrogen-bond acceptors (Lipinski definition) is 6. The lowest BCUT2D eigenvalue weighted by molar-refractivity contribution is -0.143. The summed E-state index contributed by atoms with van der Waals surface area (Å²) in [4.78, 5) is 79.9. The third-order valence-corrected chi connectivity index (χ3v) is 9.08. The van der Waals surface area contributed by atoms with Crippen molar-refractivity contribution in [1.29, 1.82) is 0 Å². The van der Waals surface area contributed by atoms with Crippen molar-refractivity contribution < 1.29 is 28.8 Å². The van der Waals surface area contributed by atoms with E-state index < -0.39 is 59.1 Å². The molecule has 5 atom stereocenters. The highest BCUT2D eigenvalue weighted by Gasteiger charge is 2.46. The molecule has 11 nitrogen and oxygen atoms in total. The SMILES string of the molecule is CC(C)C[C@@H]1C[C@@H](C(=O)NC(CC2CCC2)C(=O)C(N)=O)N(C(=O)[C@@H](NC(=O)N[C@H](C(=O)C2CC2)C(C)C)C(C)(C)C)C1. The minimum absolute atomic E-state index is 0.0125. The Morgan fingerprint density at radius 2 is 1.49 bits per heavy atom. The van der Waals surface area contributed by atoms with Gasteiger partial charge in [0.25, 0.3) is 5.91 Å². The van der Waals surface area contributed by atoms with Gasteiger partial charge in [-0.3, -0.25) is 24.0 Å². The smallest absolute Gasteiger partial charge is 0.316 e. The van der Waals surface area contributed by atoms with E-state index >= 15 is 0 Å². The molecule has 2 saturated carbocycles. The number of urea groups is 1. The van der Waals surface area contributed by atoms with Crippen molar-refractivity contribution in [3.63, 3.8) is 0 Å². The van der Waals surface area contributed by atoms with E-state index in [-0.39, 0.29) is 29.5 Å². The van der Waals surface area contributed by atoms with Crippen LogP contribution in [0.15, 0.2) is 0 Å². The number of carbonyl (C=O) groups is 6. The van der Waals surface area contributed by atoms with Gasteiger partial charge in [0.2, 0.25) is 17.6 Å². The van der Waals surface area contributed by atoms with Crippen molar-refractivity contribution in [2.45, 2.75) is 124 Å². The van der Waals surface area contributed by atoms with Crippen LogP contribution in [0.2, 0.25) is 0 Å². The third-order valence-electron chi connectivity index (χ3n) is 9.08. The van der Waals surface area contributed by atoms with E-state index in [1.54, 1.807) is 0 Å². The number of rotatable bonds is 14. The van der Waals surface area contributed by atoms with Crippen LogP contribution in [0.25, 0.3) is 0 Å².